The van der Waals surface area contributed by atoms with Crippen LogP contribution in [0, 0.1) is 5.92 Å². The van der Waals surface area contributed by atoms with Crippen molar-refractivity contribution in [3.05, 3.63) is 60.8 Å². The molecule has 0 aromatic rings. The van der Waals surface area contributed by atoms with Crippen LogP contribution in [0.5, 0.6) is 0 Å². The van der Waals surface area contributed by atoms with Crippen molar-refractivity contribution in [1.29, 1.82) is 0 Å². The van der Waals surface area contributed by atoms with Gasteiger partial charge in [0.25, 0.3) is 0 Å². The summed E-state index contributed by atoms with van der Waals surface area (Å²) in [6.07, 6.45) is 39.6. The van der Waals surface area contributed by atoms with Crippen molar-refractivity contribution in [2.24, 2.45) is 5.92 Å². The molecule has 0 rings (SSSR count). The smallest absolute Gasteiger partial charge is 0.462 e. The van der Waals surface area contributed by atoms with E-state index in [-0.39, 0.29) is 12.8 Å². The number of phosphoric acid groups is 2. The van der Waals surface area contributed by atoms with Gasteiger partial charge < -0.3 is 34.4 Å². The molecule has 0 aliphatic rings. The number of allylic oxidation sites excluding steroid dienone is 8. The van der Waals surface area contributed by atoms with Crippen LogP contribution in [0.4, 0.5) is 0 Å². The summed E-state index contributed by atoms with van der Waals surface area (Å²) in [6, 6.07) is 0. The van der Waals surface area contributed by atoms with E-state index in [1.54, 1.807) is 12.2 Å². The summed E-state index contributed by atoms with van der Waals surface area (Å²) in [5.74, 6) is -0.281. The first-order valence-corrected chi connectivity index (χ1v) is 26.5. The summed E-state index contributed by atoms with van der Waals surface area (Å²) >= 11 is 0. The summed E-state index contributed by atoms with van der Waals surface area (Å²) in [5, 5.41) is 19.8. The number of carbonyl (C=O) groups is 2. The fourth-order valence-corrected chi connectivity index (χ4v) is 7.25. The molecule has 0 fully saturated rings. The van der Waals surface area contributed by atoms with E-state index in [0.29, 0.717) is 32.1 Å². The zero-order valence-electron chi connectivity index (χ0n) is 38.7. The molecule has 3 unspecified atom stereocenters. The number of phosphoric ester groups is 2. The maximum atomic E-state index is 12.7. The number of carbonyl (C=O) groups excluding carboxylic acids is 2. The van der Waals surface area contributed by atoms with Gasteiger partial charge in [0.1, 0.15) is 12.7 Å². The molecule has 0 aliphatic heterocycles. The van der Waals surface area contributed by atoms with Crippen LogP contribution in [-0.4, -0.2) is 81.6 Å². The molecule has 0 spiro atoms. The summed E-state index contributed by atoms with van der Waals surface area (Å²) in [4.78, 5) is 52.8. The monoisotopic (exact) mass is 935 g/mol. The van der Waals surface area contributed by atoms with Crippen LogP contribution in [0.3, 0.4) is 0 Å². The van der Waals surface area contributed by atoms with E-state index in [1.165, 1.54) is 77.0 Å². The van der Waals surface area contributed by atoms with Crippen LogP contribution < -0.4 is 0 Å². The molecule has 0 saturated heterocycles. The standard InChI is InChI=1S/C47H84O14P2/c1-4-6-7-8-24-29-34-43(48)35-30-25-20-17-18-22-27-32-37-47(51)61-45(41-60-63(55,56)59-39-44(49)38-58-62(52,53)54)40-57-46(50)36-31-26-21-16-14-12-10-9-11-13-15-19-23-28-33-42(3)5-2/h6-7,18,20,22,24-25,29-30,35,42-45,48-49H,4-5,8-17,19,21,23,26-28,31-34,36-41H2,1-3H3,(H,55,56)(H2,52,53,54)/b7-6-,22-18-,25-20-,29-24-,35-30+/t42?,43?,44-,45+/m0/s1. The molecular formula is C47H84O14P2. The van der Waals surface area contributed by atoms with Gasteiger partial charge in [-0.25, -0.2) is 9.13 Å². The lowest BCUT2D eigenvalue weighted by Crippen LogP contribution is -2.29. The summed E-state index contributed by atoms with van der Waals surface area (Å²) in [5.41, 5.74) is 0. The normalized spacial score (nSPS) is 15.5. The van der Waals surface area contributed by atoms with Crippen molar-refractivity contribution >= 4 is 27.6 Å². The van der Waals surface area contributed by atoms with Crippen molar-refractivity contribution in [3.63, 3.8) is 0 Å². The fraction of sp³-hybridized carbons (Fsp3) is 0.745. The quantitative estimate of drug-likeness (QED) is 0.0126. The molecule has 0 amide bonds. The van der Waals surface area contributed by atoms with Crippen molar-refractivity contribution in [2.45, 2.75) is 193 Å². The number of unbranched alkanes of at least 4 members (excludes halogenated alkanes) is 14. The zero-order chi connectivity index (χ0) is 46.9. The number of esters is 2. The number of aliphatic hydroxyl groups is 2. The van der Waals surface area contributed by atoms with Crippen LogP contribution in [0.1, 0.15) is 175 Å². The first kappa shape index (κ1) is 60.8. The Morgan fingerprint density at radius 3 is 1.75 bits per heavy atom. The van der Waals surface area contributed by atoms with Crippen LogP contribution in [0.15, 0.2) is 60.8 Å². The van der Waals surface area contributed by atoms with Gasteiger partial charge in [0, 0.05) is 12.8 Å². The Labute approximate surface area is 379 Å². The Morgan fingerprint density at radius 2 is 1.13 bits per heavy atom. The SMILES string of the molecule is CC/C=C\C/C=C\CC(O)/C=C/C=C\C/C=C\CCCC(=O)O[C@H](COC(=O)CCCCCCCCCCCCCCCCC(C)CC)COP(=O)(O)OC[C@@H](O)COP(=O)(O)O. The number of rotatable bonds is 43. The van der Waals surface area contributed by atoms with Crippen molar-refractivity contribution < 1.29 is 66.7 Å². The van der Waals surface area contributed by atoms with Gasteiger partial charge in [-0.15, -0.1) is 0 Å². The van der Waals surface area contributed by atoms with Gasteiger partial charge in [-0.3, -0.25) is 23.2 Å². The third-order valence-electron chi connectivity index (χ3n) is 10.0. The van der Waals surface area contributed by atoms with Crippen LogP contribution >= 0.6 is 15.6 Å². The molecule has 5 atom stereocenters. The molecule has 16 heteroatoms. The fourth-order valence-electron chi connectivity index (χ4n) is 6.09. The molecule has 0 bridgehead atoms. The topological polar surface area (TPSA) is 216 Å². The minimum atomic E-state index is -4.88. The molecule has 0 saturated carbocycles. The second-order valence-electron chi connectivity index (χ2n) is 16.1. The zero-order valence-corrected chi connectivity index (χ0v) is 40.5. The second kappa shape index (κ2) is 41.2. The third kappa shape index (κ3) is 44.8. The molecule has 14 nitrogen and oxygen atoms in total. The third-order valence-corrected chi connectivity index (χ3v) is 11.5. The Balaban J connectivity index is 4.61. The Kier molecular flexibility index (Phi) is 39.8. The molecule has 5 N–H and O–H groups in total. The van der Waals surface area contributed by atoms with Gasteiger partial charge in [0.15, 0.2) is 6.10 Å². The Bertz CT molecular complexity index is 1380. The van der Waals surface area contributed by atoms with E-state index in [9.17, 15) is 33.8 Å². The van der Waals surface area contributed by atoms with Crippen LogP contribution in [0.25, 0.3) is 0 Å². The molecule has 0 aromatic heterocycles. The van der Waals surface area contributed by atoms with E-state index in [4.69, 9.17) is 23.8 Å². The molecule has 63 heavy (non-hydrogen) atoms. The molecule has 0 aliphatic carbocycles. The highest BCUT2D eigenvalue weighted by atomic mass is 31.2. The Hall–Kier alpha value is -2.22. The van der Waals surface area contributed by atoms with Gasteiger partial charge in [0.2, 0.25) is 0 Å². The summed E-state index contributed by atoms with van der Waals surface area (Å²) in [6.45, 7) is 3.86. The Morgan fingerprint density at radius 1 is 0.587 bits per heavy atom. The molecule has 0 aromatic carbocycles. The van der Waals surface area contributed by atoms with Gasteiger partial charge in [-0.05, 0) is 50.9 Å². The highest BCUT2D eigenvalue weighted by Gasteiger charge is 2.28. The molecule has 0 radical (unpaired) electrons. The van der Waals surface area contributed by atoms with E-state index in [0.717, 1.165) is 38.0 Å². The van der Waals surface area contributed by atoms with Gasteiger partial charge in [-0.2, -0.15) is 0 Å². The first-order chi connectivity index (χ1) is 30.2. The summed E-state index contributed by atoms with van der Waals surface area (Å²) < 4.78 is 47.8. The van der Waals surface area contributed by atoms with Crippen molar-refractivity contribution in [2.75, 3.05) is 26.4 Å². The van der Waals surface area contributed by atoms with Crippen molar-refractivity contribution in [3.8, 4) is 0 Å². The van der Waals surface area contributed by atoms with E-state index in [1.807, 2.05) is 36.5 Å². The van der Waals surface area contributed by atoms with Gasteiger partial charge in [-0.1, -0.05) is 178 Å². The highest BCUT2D eigenvalue weighted by molar-refractivity contribution is 7.47. The average molecular weight is 935 g/mol. The average Bonchev–Trinajstić information content (AvgIpc) is 3.24. The van der Waals surface area contributed by atoms with Crippen LogP contribution in [0.2, 0.25) is 0 Å². The van der Waals surface area contributed by atoms with E-state index >= 15 is 0 Å². The number of hydrogen-bond acceptors (Lipinski definition) is 11. The van der Waals surface area contributed by atoms with E-state index < -0.39 is 72.3 Å². The van der Waals surface area contributed by atoms with Gasteiger partial charge >= 0.3 is 27.6 Å². The first-order valence-electron chi connectivity index (χ1n) is 23.5. The van der Waals surface area contributed by atoms with Gasteiger partial charge in [0.05, 0.1) is 25.9 Å². The number of ether oxygens (including phenoxy) is 2. The molecule has 366 valence electrons. The lowest BCUT2D eigenvalue weighted by atomic mass is 9.99. The van der Waals surface area contributed by atoms with Crippen molar-refractivity contribution in [1.82, 2.24) is 0 Å². The molecular weight excluding hydrogens is 850 g/mol. The van der Waals surface area contributed by atoms with E-state index in [2.05, 4.69) is 42.0 Å². The summed E-state index contributed by atoms with van der Waals surface area (Å²) in [7, 11) is -9.72. The lowest BCUT2D eigenvalue weighted by Gasteiger charge is -2.20. The number of aliphatic hydroxyl groups excluding tert-OH is 2. The molecule has 0 heterocycles. The maximum Gasteiger partial charge on any atom is 0.472 e. The minimum absolute atomic E-state index is 0.0202. The van der Waals surface area contributed by atoms with Crippen LogP contribution in [-0.2, 0) is 41.8 Å². The predicted molar refractivity (Wildman–Crippen MR) is 250 cm³/mol. The highest BCUT2D eigenvalue weighted by Crippen LogP contribution is 2.43. The largest absolute Gasteiger partial charge is 0.472 e. The maximum absolute atomic E-state index is 12.7. The second-order valence-corrected chi connectivity index (χ2v) is 18.8. The predicted octanol–water partition coefficient (Wildman–Crippen LogP) is 11.2. The lowest BCUT2D eigenvalue weighted by molar-refractivity contribution is -0.161. The number of hydrogen-bond donors (Lipinski definition) is 5. The minimum Gasteiger partial charge on any atom is -0.462 e.